The quantitative estimate of drug-likeness (QED) is 0.818. The minimum absolute atomic E-state index is 0.149. The molecule has 0 atom stereocenters. The van der Waals surface area contributed by atoms with E-state index in [-0.39, 0.29) is 11.4 Å². The highest BCUT2D eigenvalue weighted by Gasteiger charge is 2.07. The summed E-state index contributed by atoms with van der Waals surface area (Å²) in [7, 11) is 0. The van der Waals surface area contributed by atoms with Crippen LogP contribution >= 0.6 is 0 Å². The lowest BCUT2D eigenvalue weighted by Crippen LogP contribution is -2.26. The van der Waals surface area contributed by atoms with E-state index in [1.165, 1.54) is 10.8 Å². The number of hydrogen-bond donors (Lipinski definition) is 1. The van der Waals surface area contributed by atoms with E-state index in [9.17, 15) is 4.79 Å². The lowest BCUT2D eigenvalue weighted by atomic mass is 10.2. The first kappa shape index (κ1) is 10.9. The fourth-order valence-corrected chi connectivity index (χ4v) is 1.51. The summed E-state index contributed by atoms with van der Waals surface area (Å²) in [6, 6.07) is 11.3. The normalized spacial score (nSPS) is 9.82. The van der Waals surface area contributed by atoms with Gasteiger partial charge in [-0.1, -0.05) is 30.3 Å². The summed E-state index contributed by atoms with van der Waals surface area (Å²) in [6.07, 6.45) is 1.19. The number of anilines is 1. The van der Waals surface area contributed by atoms with Gasteiger partial charge in [-0.15, -0.1) is 0 Å². The van der Waals surface area contributed by atoms with Crippen LogP contribution in [0, 0.1) is 11.3 Å². The van der Waals surface area contributed by atoms with E-state index in [0.717, 1.165) is 5.56 Å². The van der Waals surface area contributed by atoms with Crippen molar-refractivity contribution >= 4 is 5.82 Å². The first-order valence-corrected chi connectivity index (χ1v) is 5.01. The Bertz CT molecular complexity index is 625. The Hall–Kier alpha value is -2.61. The van der Waals surface area contributed by atoms with E-state index < -0.39 is 5.69 Å². The average Bonchev–Trinajstić information content (AvgIpc) is 2.36. The van der Waals surface area contributed by atoms with E-state index in [1.807, 2.05) is 36.4 Å². The van der Waals surface area contributed by atoms with Crippen LogP contribution in [0.4, 0.5) is 5.82 Å². The van der Waals surface area contributed by atoms with Crippen LogP contribution in [0.1, 0.15) is 11.1 Å². The Morgan fingerprint density at radius 1 is 1.35 bits per heavy atom. The van der Waals surface area contributed by atoms with E-state index in [4.69, 9.17) is 11.0 Å². The van der Waals surface area contributed by atoms with Crippen molar-refractivity contribution in [3.63, 3.8) is 0 Å². The molecule has 0 aliphatic heterocycles. The summed E-state index contributed by atoms with van der Waals surface area (Å²) in [5.41, 5.74) is 6.43. The molecule has 2 rings (SSSR count). The fourth-order valence-electron chi connectivity index (χ4n) is 1.51. The molecule has 0 fully saturated rings. The minimum Gasteiger partial charge on any atom is -0.384 e. The maximum absolute atomic E-state index is 11.6. The minimum atomic E-state index is -0.453. The number of aromatic nitrogens is 2. The molecule has 0 amide bonds. The average molecular weight is 226 g/mol. The molecule has 2 N–H and O–H groups in total. The lowest BCUT2D eigenvalue weighted by Gasteiger charge is -2.09. The monoisotopic (exact) mass is 226 g/mol. The van der Waals surface area contributed by atoms with Crippen molar-refractivity contribution in [1.29, 1.82) is 5.26 Å². The Morgan fingerprint density at radius 3 is 2.71 bits per heavy atom. The Labute approximate surface area is 97.8 Å². The number of nitriles is 1. The lowest BCUT2D eigenvalue weighted by molar-refractivity contribution is 0.737. The summed E-state index contributed by atoms with van der Waals surface area (Å²) in [4.78, 5) is 15.2. The van der Waals surface area contributed by atoms with Gasteiger partial charge in [-0.05, 0) is 5.56 Å². The van der Waals surface area contributed by atoms with Crippen molar-refractivity contribution < 1.29 is 0 Å². The third-order valence-electron chi connectivity index (χ3n) is 2.41. The van der Waals surface area contributed by atoms with Gasteiger partial charge in [-0.2, -0.15) is 5.26 Å². The van der Waals surface area contributed by atoms with Crippen LogP contribution < -0.4 is 11.4 Å². The fraction of sp³-hybridized carbons (Fsp3) is 0.0833. The second kappa shape index (κ2) is 4.49. The highest BCUT2D eigenvalue weighted by molar-refractivity contribution is 5.47. The zero-order valence-electron chi connectivity index (χ0n) is 9.00. The molecule has 1 aromatic heterocycles. The molecule has 1 aromatic carbocycles. The van der Waals surface area contributed by atoms with E-state index in [0.29, 0.717) is 6.54 Å². The molecule has 5 heteroatoms. The Balaban J connectivity index is 2.47. The summed E-state index contributed by atoms with van der Waals surface area (Å²) in [5.74, 6) is 0.149. The molecule has 0 unspecified atom stereocenters. The van der Waals surface area contributed by atoms with E-state index in [2.05, 4.69) is 4.98 Å². The summed E-state index contributed by atoms with van der Waals surface area (Å²) < 4.78 is 1.29. The van der Waals surface area contributed by atoms with Crippen molar-refractivity contribution in [1.82, 2.24) is 9.55 Å². The van der Waals surface area contributed by atoms with Gasteiger partial charge in [0, 0.05) is 0 Å². The number of hydrogen-bond acceptors (Lipinski definition) is 4. The second-order valence-corrected chi connectivity index (χ2v) is 3.52. The van der Waals surface area contributed by atoms with Crippen molar-refractivity contribution in [2.24, 2.45) is 0 Å². The summed E-state index contributed by atoms with van der Waals surface area (Å²) in [6.45, 7) is 0.314. The molecular weight excluding hydrogens is 216 g/mol. The van der Waals surface area contributed by atoms with Gasteiger partial charge in [0.15, 0.2) is 0 Å². The maximum Gasteiger partial charge on any atom is 0.349 e. The summed E-state index contributed by atoms with van der Waals surface area (Å²) in [5, 5.41) is 8.81. The van der Waals surface area contributed by atoms with Gasteiger partial charge in [-0.3, -0.25) is 4.57 Å². The second-order valence-electron chi connectivity index (χ2n) is 3.52. The topological polar surface area (TPSA) is 84.7 Å². The standard InChI is InChI=1S/C12H10N4O/c13-6-10-7-15-12(17)16(11(10)14)8-9-4-2-1-3-5-9/h1-5,7H,8,14H2. The van der Waals surface area contributed by atoms with Crippen LogP contribution in [-0.4, -0.2) is 9.55 Å². The predicted molar refractivity (Wildman–Crippen MR) is 63.2 cm³/mol. The predicted octanol–water partition coefficient (Wildman–Crippen LogP) is 0.745. The van der Waals surface area contributed by atoms with Crippen LogP contribution in [-0.2, 0) is 6.54 Å². The Kier molecular flexibility index (Phi) is 2.88. The maximum atomic E-state index is 11.6. The molecule has 84 valence electrons. The van der Waals surface area contributed by atoms with Crippen LogP contribution in [0.2, 0.25) is 0 Å². The van der Waals surface area contributed by atoms with Gasteiger partial charge < -0.3 is 5.73 Å². The van der Waals surface area contributed by atoms with Gasteiger partial charge in [0.05, 0.1) is 12.7 Å². The highest BCUT2D eigenvalue weighted by atomic mass is 16.1. The molecule has 0 spiro atoms. The molecular formula is C12H10N4O. The molecule has 0 aliphatic carbocycles. The molecule has 0 saturated carbocycles. The van der Waals surface area contributed by atoms with Gasteiger partial charge in [0.2, 0.25) is 0 Å². The van der Waals surface area contributed by atoms with Crippen molar-refractivity contribution in [2.45, 2.75) is 6.54 Å². The molecule has 0 aliphatic rings. The third kappa shape index (κ3) is 2.16. The zero-order valence-corrected chi connectivity index (χ0v) is 9.00. The van der Waals surface area contributed by atoms with Crippen molar-refractivity contribution in [2.75, 3.05) is 5.73 Å². The van der Waals surface area contributed by atoms with Crippen LogP contribution in [0.15, 0.2) is 41.3 Å². The van der Waals surface area contributed by atoms with Crippen LogP contribution in [0.25, 0.3) is 0 Å². The summed E-state index contributed by atoms with van der Waals surface area (Å²) >= 11 is 0. The highest BCUT2D eigenvalue weighted by Crippen LogP contribution is 2.08. The van der Waals surface area contributed by atoms with Crippen molar-refractivity contribution in [3.05, 3.63) is 58.1 Å². The van der Waals surface area contributed by atoms with Crippen molar-refractivity contribution in [3.8, 4) is 6.07 Å². The van der Waals surface area contributed by atoms with Gasteiger partial charge in [-0.25, -0.2) is 9.78 Å². The van der Waals surface area contributed by atoms with E-state index >= 15 is 0 Å². The van der Waals surface area contributed by atoms with Gasteiger partial charge in [0.25, 0.3) is 0 Å². The molecule has 1 heterocycles. The number of nitrogens with two attached hydrogens (primary N) is 1. The number of rotatable bonds is 2. The smallest absolute Gasteiger partial charge is 0.349 e. The van der Waals surface area contributed by atoms with E-state index in [1.54, 1.807) is 0 Å². The van der Waals surface area contributed by atoms with Crippen LogP contribution in [0.3, 0.4) is 0 Å². The van der Waals surface area contributed by atoms with Crippen LogP contribution in [0.5, 0.6) is 0 Å². The molecule has 0 radical (unpaired) electrons. The third-order valence-corrected chi connectivity index (χ3v) is 2.41. The number of nitrogen functional groups attached to an aromatic ring is 1. The number of nitrogens with zero attached hydrogens (tertiary/aromatic N) is 3. The SMILES string of the molecule is N#Cc1cnc(=O)n(Cc2ccccc2)c1N. The van der Waals surface area contributed by atoms with Gasteiger partial charge >= 0.3 is 5.69 Å². The largest absolute Gasteiger partial charge is 0.384 e. The first-order valence-electron chi connectivity index (χ1n) is 5.01. The molecule has 17 heavy (non-hydrogen) atoms. The van der Waals surface area contributed by atoms with Gasteiger partial charge in [0.1, 0.15) is 17.5 Å². The molecule has 5 nitrogen and oxygen atoms in total. The molecule has 0 bridgehead atoms. The zero-order chi connectivity index (χ0) is 12.3. The first-order chi connectivity index (χ1) is 8.22. The molecule has 0 saturated heterocycles. The number of benzene rings is 1. The Morgan fingerprint density at radius 2 is 2.06 bits per heavy atom. The molecule has 2 aromatic rings.